The van der Waals surface area contributed by atoms with Crippen LogP contribution in [0.2, 0.25) is 0 Å². The normalized spacial score (nSPS) is 26.1. The Hall–Kier alpha value is -2.13. The fourth-order valence-corrected chi connectivity index (χ4v) is 5.81. The van der Waals surface area contributed by atoms with E-state index in [2.05, 4.69) is 4.90 Å². The second-order valence-corrected chi connectivity index (χ2v) is 11.4. The fraction of sp³-hybridized carbons (Fsp3) is 0.636. The first-order valence-corrected chi connectivity index (χ1v) is 12.9. The molecule has 9 heteroatoms. The van der Waals surface area contributed by atoms with Gasteiger partial charge in [0.05, 0.1) is 10.9 Å². The summed E-state index contributed by atoms with van der Waals surface area (Å²) in [6, 6.07) is 7.00. The van der Waals surface area contributed by atoms with Crippen LogP contribution in [0.25, 0.3) is 0 Å². The minimum absolute atomic E-state index is 0.0118. The van der Waals surface area contributed by atoms with Gasteiger partial charge in [-0.25, -0.2) is 13.2 Å². The number of ether oxygens (including phenoxy) is 1. The summed E-state index contributed by atoms with van der Waals surface area (Å²) in [5, 5.41) is 0. The molecule has 3 saturated heterocycles. The second-order valence-electron chi connectivity index (χ2n) is 9.39. The number of nitrogens with zero attached hydrogens (tertiary/aromatic N) is 3. The van der Waals surface area contributed by atoms with Crippen LogP contribution in [0.1, 0.15) is 31.2 Å². The Balaban J connectivity index is 1.26. The molecule has 1 aromatic rings. The minimum atomic E-state index is -3.20. The van der Waals surface area contributed by atoms with E-state index in [1.165, 1.54) is 6.26 Å². The second kappa shape index (κ2) is 7.48. The van der Waals surface area contributed by atoms with Gasteiger partial charge in [0.15, 0.2) is 9.84 Å². The molecular formula is C22H29N3O5S. The summed E-state index contributed by atoms with van der Waals surface area (Å²) in [5.74, 6) is 0.481. The maximum absolute atomic E-state index is 12.6. The summed E-state index contributed by atoms with van der Waals surface area (Å²) in [5.41, 5.74) is 0.529. The quantitative estimate of drug-likeness (QED) is 0.695. The molecule has 1 aromatic carbocycles. The number of piperidine rings is 1. The van der Waals surface area contributed by atoms with Gasteiger partial charge in [0, 0.05) is 64.3 Å². The van der Waals surface area contributed by atoms with Crippen molar-refractivity contribution in [3.8, 4) is 0 Å². The van der Waals surface area contributed by atoms with Gasteiger partial charge in [0.2, 0.25) is 5.91 Å². The molecule has 1 aliphatic carbocycles. The summed E-state index contributed by atoms with van der Waals surface area (Å²) in [4.78, 5) is 31.4. The Morgan fingerprint density at radius 2 is 1.77 bits per heavy atom. The maximum atomic E-state index is 12.6. The van der Waals surface area contributed by atoms with E-state index < -0.39 is 15.4 Å². The minimum Gasteiger partial charge on any atom is -0.440 e. The molecule has 2 amide bonds. The highest BCUT2D eigenvalue weighted by Crippen LogP contribution is 2.41. The van der Waals surface area contributed by atoms with E-state index in [1.54, 1.807) is 12.1 Å². The Bertz CT molecular complexity index is 981. The number of fused-ring (bicyclic) bond motifs is 2. The number of carbonyl (C=O) groups is 2. The highest BCUT2D eigenvalue weighted by molar-refractivity contribution is 7.90. The highest BCUT2D eigenvalue weighted by Gasteiger charge is 2.57. The van der Waals surface area contributed by atoms with Crippen molar-refractivity contribution in [1.82, 2.24) is 14.7 Å². The molecule has 1 spiro atoms. The van der Waals surface area contributed by atoms with E-state index in [9.17, 15) is 18.0 Å². The summed E-state index contributed by atoms with van der Waals surface area (Å²) in [7, 11) is -3.20. The maximum Gasteiger partial charge on any atom is 0.410 e. The SMILES string of the molecule is CS(=O)(=O)c1ccc(CN2CCN3C(=O)OC4(CCN(C(=O)C5CC5)CC4)C3C2)cc1. The summed E-state index contributed by atoms with van der Waals surface area (Å²) in [6.07, 6.45) is 4.37. The molecule has 0 aromatic heterocycles. The third kappa shape index (κ3) is 3.93. The van der Waals surface area contributed by atoms with Crippen molar-refractivity contribution in [3.05, 3.63) is 29.8 Å². The van der Waals surface area contributed by atoms with Gasteiger partial charge in [0.25, 0.3) is 0 Å². The van der Waals surface area contributed by atoms with Crippen LogP contribution in [0.3, 0.4) is 0 Å². The Morgan fingerprint density at radius 3 is 2.39 bits per heavy atom. The van der Waals surface area contributed by atoms with Gasteiger partial charge < -0.3 is 9.64 Å². The predicted octanol–water partition coefficient (Wildman–Crippen LogP) is 1.50. The average molecular weight is 448 g/mol. The number of benzene rings is 1. The molecular weight excluding hydrogens is 418 g/mol. The topological polar surface area (TPSA) is 87.2 Å². The van der Waals surface area contributed by atoms with Gasteiger partial charge in [-0.1, -0.05) is 12.1 Å². The molecule has 3 heterocycles. The van der Waals surface area contributed by atoms with Gasteiger partial charge in [-0.15, -0.1) is 0 Å². The Kier molecular flexibility index (Phi) is 5.01. The highest BCUT2D eigenvalue weighted by atomic mass is 32.2. The number of piperazine rings is 1. The first-order valence-electron chi connectivity index (χ1n) is 11.0. The summed E-state index contributed by atoms with van der Waals surface area (Å²) in [6.45, 7) is 4.10. The van der Waals surface area contributed by atoms with Crippen LogP contribution in [-0.4, -0.2) is 85.7 Å². The largest absolute Gasteiger partial charge is 0.440 e. The zero-order valence-corrected chi connectivity index (χ0v) is 18.6. The van der Waals surface area contributed by atoms with E-state index in [4.69, 9.17) is 4.74 Å². The molecule has 0 radical (unpaired) electrons. The number of carbonyl (C=O) groups excluding carboxylic acids is 2. The molecule has 31 heavy (non-hydrogen) atoms. The van der Waals surface area contributed by atoms with Crippen molar-refractivity contribution < 1.29 is 22.7 Å². The van der Waals surface area contributed by atoms with Crippen LogP contribution in [0.5, 0.6) is 0 Å². The number of amides is 2. The van der Waals surface area contributed by atoms with Crippen molar-refractivity contribution >= 4 is 21.8 Å². The molecule has 3 aliphatic heterocycles. The van der Waals surface area contributed by atoms with E-state index in [0.29, 0.717) is 43.9 Å². The van der Waals surface area contributed by atoms with Crippen molar-refractivity contribution in [2.45, 2.75) is 48.8 Å². The molecule has 168 valence electrons. The van der Waals surface area contributed by atoms with Crippen LogP contribution in [-0.2, 0) is 25.9 Å². The predicted molar refractivity (Wildman–Crippen MR) is 113 cm³/mol. The molecule has 8 nitrogen and oxygen atoms in total. The zero-order chi connectivity index (χ0) is 21.8. The first-order chi connectivity index (χ1) is 14.7. The molecule has 4 aliphatic rings. The molecule has 0 N–H and O–H groups in total. The van der Waals surface area contributed by atoms with Gasteiger partial charge in [-0.3, -0.25) is 14.6 Å². The molecule has 5 rings (SSSR count). The van der Waals surface area contributed by atoms with Gasteiger partial charge >= 0.3 is 6.09 Å². The van der Waals surface area contributed by atoms with Crippen molar-refractivity contribution in [1.29, 1.82) is 0 Å². The lowest BCUT2D eigenvalue weighted by Crippen LogP contribution is -2.60. The van der Waals surface area contributed by atoms with Crippen molar-refractivity contribution in [3.63, 3.8) is 0 Å². The van der Waals surface area contributed by atoms with Crippen molar-refractivity contribution in [2.75, 3.05) is 39.0 Å². The standard InChI is InChI=1S/C22H29N3O5S/c1-31(28,29)18-6-2-16(3-7-18)14-23-12-13-25-19(15-23)22(30-21(25)27)8-10-24(11-9-22)20(26)17-4-5-17/h2-3,6-7,17,19H,4-5,8-15H2,1H3. The van der Waals surface area contributed by atoms with Gasteiger partial charge in [-0.2, -0.15) is 0 Å². The number of rotatable bonds is 4. The molecule has 1 atom stereocenters. The van der Waals surface area contributed by atoms with Crippen LogP contribution in [0.15, 0.2) is 29.2 Å². The number of hydrogen-bond donors (Lipinski definition) is 0. The lowest BCUT2D eigenvalue weighted by atomic mass is 9.83. The number of likely N-dealkylation sites (tertiary alicyclic amines) is 1. The van der Waals surface area contributed by atoms with Crippen molar-refractivity contribution in [2.24, 2.45) is 5.92 Å². The molecule has 0 bridgehead atoms. The third-order valence-electron chi connectivity index (χ3n) is 7.20. The van der Waals surface area contributed by atoms with Crippen LogP contribution < -0.4 is 0 Å². The van der Waals surface area contributed by atoms with E-state index >= 15 is 0 Å². The smallest absolute Gasteiger partial charge is 0.410 e. The monoisotopic (exact) mass is 447 g/mol. The van der Waals surface area contributed by atoms with Crippen LogP contribution >= 0.6 is 0 Å². The van der Waals surface area contributed by atoms with E-state index in [0.717, 1.165) is 31.5 Å². The van der Waals surface area contributed by atoms with Gasteiger partial charge in [-0.05, 0) is 30.5 Å². The number of sulfone groups is 1. The lowest BCUT2D eigenvalue weighted by molar-refractivity contribution is -0.137. The Labute approximate surface area is 183 Å². The van der Waals surface area contributed by atoms with E-state index in [-0.39, 0.29) is 24.0 Å². The van der Waals surface area contributed by atoms with E-state index in [1.807, 2.05) is 21.9 Å². The first kappa shape index (κ1) is 20.8. The number of hydrogen-bond acceptors (Lipinski definition) is 6. The van der Waals surface area contributed by atoms with Crippen LogP contribution in [0, 0.1) is 5.92 Å². The molecule has 4 fully saturated rings. The summed E-state index contributed by atoms with van der Waals surface area (Å²) < 4.78 is 29.3. The van der Waals surface area contributed by atoms with Gasteiger partial charge in [0.1, 0.15) is 5.60 Å². The third-order valence-corrected chi connectivity index (χ3v) is 8.33. The Morgan fingerprint density at radius 1 is 1.10 bits per heavy atom. The molecule has 1 unspecified atom stereocenters. The lowest BCUT2D eigenvalue weighted by Gasteiger charge is -2.45. The molecule has 1 saturated carbocycles. The zero-order valence-electron chi connectivity index (χ0n) is 17.8. The fourth-order valence-electron chi connectivity index (χ4n) is 5.18. The summed E-state index contributed by atoms with van der Waals surface area (Å²) >= 11 is 0. The average Bonchev–Trinajstić information content (AvgIpc) is 3.55. The van der Waals surface area contributed by atoms with Crippen LogP contribution in [0.4, 0.5) is 4.79 Å².